The zero-order chi connectivity index (χ0) is 21.0. The van der Waals surface area contributed by atoms with Crippen LogP contribution >= 0.6 is 11.3 Å². The van der Waals surface area contributed by atoms with Crippen LogP contribution in [0.5, 0.6) is 0 Å². The number of likely N-dealkylation sites (tertiary alicyclic amines) is 1. The molecule has 1 amide bonds. The third-order valence-corrected chi connectivity index (χ3v) is 6.58. The maximum absolute atomic E-state index is 12.0. The van der Waals surface area contributed by atoms with Gasteiger partial charge in [0.25, 0.3) is 0 Å². The van der Waals surface area contributed by atoms with Crippen LogP contribution < -0.4 is 4.80 Å². The van der Waals surface area contributed by atoms with E-state index < -0.39 is 0 Å². The van der Waals surface area contributed by atoms with Gasteiger partial charge >= 0.3 is 0 Å². The molecule has 1 aliphatic rings. The second-order valence-corrected chi connectivity index (χ2v) is 8.58. The van der Waals surface area contributed by atoms with Crippen LogP contribution in [0.25, 0.3) is 22.0 Å². The van der Waals surface area contributed by atoms with Crippen LogP contribution in [0.2, 0.25) is 0 Å². The molecule has 5 nitrogen and oxygen atoms in total. The van der Waals surface area contributed by atoms with E-state index in [1.54, 1.807) is 23.7 Å². The van der Waals surface area contributed by atoms with Crippen molar-refractivity contribution in [3.8, 4) is 11.3 Å². The topological polar surface area (TPSA) is 50.5 Å². The molecule has 4 aromatic rings. The van der Waals surface area contributed by atoms with Gasteiger partial charge in [-0.2, -0.15) is 0 Å². The van der Waals surface area contributed by atoms with Crippen molar-refractivity contribution in [2.24, 2.45) is 4.99 Å². The molecular formula is C25H24N4OS. The highest BCUT2D eigenvalue weighted by molar-refractivity contribution is 7.07. The molecule has 1 saturated heterocycles. The lowest BCUT2D eigenvalue weighted by molar-refractivity contribution is -0.127. The Labute approximate surface area is 185 Å². The molecule has 5 rings (SSSR count). The van der Waals surface area contributed by atoms with Gasteiger partial charge in [-0.15, -0.1) is 11.3 Å². The number of fused-ring (bicyclic) bond motifs is 1. The van der Waals surface area contributed by atoms with E-state index in [2.05, 4.69) is 57.4 Å². The van der Waals surface area contributed by atoms with Crippen LogP contribution in [-0.2, 0) is 11.3 Å². The number of hydrogen-bond donors (Lipinski definition) is 0. The summed E-state index contributed by atoms with van der Waals surface area (Å²) in [5.74, 6) is 0.282. The van der Waals surface area contributed by atoms with Crippen LogP contribution in [0.1, 0.15) is 19.3 Å². The number of amides is 1. The Morgan fingerprint density at radius 3 is 2.77 bits per heavy atom. The molecule has 6 heteroatoms. The molecule has 0 bridgehead atoms. The van der Waals surface area contributed by atoms with E-state index in [4.69, 9.17) is 4.99 Å². The number of thiazole rings is 1. The molecule has 2 aromatic heterocycles. The number of rotatable bonds is 6. The molecule has 0 spiro atoms. The molecule has 0 N–H and O–H groups in total. The van der Waals surface area contributed by atoms with Crippen molar-refractivity contribution in [2.75, 3.05) is 13.1 Å². The number of carbonyl (C=O) groups is 1. The van der Waals surface area contributed by atoms with Crippen molar-refractivity contribution in [1.82, 2.24) is 14.5 Å². The maximum Gasteiger partial charge on any atom is 0.222 e. The molecule has 0 saturated carbocycles. The van der Waals surface area contributed by atoms with Gasteiger partial charge in [-0.1, -0.05) is 42.5 Å². The number of benzene rings is 2. The first kappa shape index (κ1) is 19.7. The van der Waals surface area contributed by atoms with Crippen molar-refractivity contribution in [1.29, 1.82) is 0 Å². The molecular weight excluding hydrogens is 404 g/mol. The third-order valence-electron chi connectivity index (χ3n) is 5.72. The zero-order valence-corrected chi connectivity index (χ0v) is 18.1. The number of hydrogen-bond acceptors (Lipinski definition) is 4. The van der Waals surface area contributed by atoms with E-state index in [0.29, 0.717) is 6.42 Å². The third kappa shape index (κ3) is 4.16. The van der Waals surface area contributed by atoms with Crippen LogP contribution in [0.15, 0.2) is 77.4 Å². The molecule has 0 atom stereocenters. The van der Waals surface area contributed by atoms with Gasteiger partial charge < -0.3 is 9.47 Å². The van der Waals surface area contributed by atoms with Crippen molar-refractivity contribution in [2.45, 2.75) is 25.8 Å². The fourth-order valence-electron chi connectivity index (χ4n) is 4.19. The second kappa shape index (κ2) is 8.86. The van der Waals surface area contributed by atoms with Crippen molar-refractivity contribution < 1.29 is 4.79 Å². The quantitative estimate of drug-likeness (QED) is 0.433. The van der Waals surface area contributed by atoms with Gasteiger partial charge in [0, 0.05) is 43.2 Å². The van der Waals surface area contributed by atoms with E-state index >= 15 is 0 Å². The standard InChI is InChI=1S/C25H24N4OS/c30-24-12-5-14-28(24)15-6-16-29-23(18-31-25(29)27-20-9-4-13-26-17-20)22-11-3-8-19-7-1-2-10-21(19)22/h1-4,7-11,13,17-18H,5-6,12,14-16H2. The number of aromatic nitrogens is 2. The Hall–Kier alpha value is -3.25. The van der Waals surface area contributed by atoms with Crippen LogP contribution in [0, 0.1) is 0 Å². The number of nitrogens with zero attached hydrogens (tertiary/aromatic N) is 4. The predicted molar refractivity (Wildman–Crippen MR) is 125 cm³/mol. The maximum atomic E-state index is 12.0. The van der Waals surface area contributed by atoms with Crippen LogP contribution in [0.4, 0.5) is 5.69 Å². The average molecular weight is 429 g/mol. The summed E-state index contributed by atoms with van der Waals surface area (Å²) in [6.07, 6.45) is 6.11. The zero-order valence-electron chi connectivity index (χ0n) is 17.3. The van der Waals surface area contributed by atoms with Gasteiger partial charge in [-0.25, -0.2) is 4.99 Å². The highest BCUT2D eigenvalue weighted by atomic mass is 32.1. The van der Waals surface area contributed by atoms with E-state index in [1.807, 2.05) is 17.0 Å². The highest BCUT2D eigenvalue weighted by Gasteiger charge is 2.19. The SMILES string of the molecule is O=C1CCCN1CCCn1c(-c2cccc3ccccc23)csc1=Nc1cccnc1. The van der Waals surface area contributed by atoms with Crippen LogP contribution in [0.3, 0.4) is 0 Å². The summed E-state index contributed by atoms with van der Waals surface area (Å²) in [5.41, 5.74) is 3.22. The minimum atomic E-state index is 0.282. The first-order valence-electron chi connectivity index (χ1n) is 10.7. The van der Waals surface area contributed by atoms with Crippen molar-refractivity contribution >= 4 is 33.7 Å². The average Bonchev–Trinajstić information content (AvgIpc) is 3.40. The van der Waals surface area contributed by atoms with Crippen LogP contribution in [-0.4, -0.2) is 33.4 Å². The Morgan fingerprint density at radius 2 is 1.94 bits per heavy atom. The minimum absolute atomic E-state index is 0.282. The van der Waals surface area contributed by atoms with Crippen molar-refractivity contribution in [3.63, 3.8) is 0 Å². The number of pyridine rings is 1. The first-order chi connectivity index (χ1) is 15.3. The Morgan fingerprint density at radius 1 is 1.03 bits per heavy atom. The van der Waals surface area contributed by atoms with E-state index in [-0.39, 0.29) is 5.91 Å². The monoisotopic (exact) mass is 428 g/mol. The summed E-state index contributed by atoms with van der Waals surface area (Å²) in [5, 5.41) is 4.66. The fourth-order valence-corrected chi connectivity index (χ4v) is 5.14. The van der Waals surface area contributed by atoms with E-state index in [9.17, 15) is 4.79 Å². The van der Waals surface area contributed by atoms with Crippen molar-refractivity contribution in [3.05, 3.63) is 77.2 Å². The number of carbonyl (C=O) groups excluding carboxylic acids is 1. The molecule has 156 valence electrons. The Kier molecular flexibility index (Phi) is 5.63. The summed E-state index contributed by atoms with van der Waals surface area (Å²) in [6, 6.07) is 18.8. The summed E-state index contributed by atoms with van der Waals surface area (Å²) < 4.78 is 2.29. The molecule has 2 aromatic carbocycles. The van der Waals surface area contributed by atoms with Gasteiger partial charge in [-0.05, 0) is 35.7 Å². The molecule has 0 aliphatic carbocycles. The van der Waals surface area contributed by atoms with Gasteiger partial charge in [0.1, 0.15) is 0 Å². The lowest BCUT2D eigenvalue weighted by Gasteiger charge is -2.16. The Bertz CT molecular complexity index is 1270. The van der Waals surface area contributed by atoms with E-state index in [1.165, 1.54) is 16.3 Å². The molecule has 0 unspecified atom stereocenters. The van der Waals surface area contributed by atoms with Gasteiger partial charge in [-0.3, -0.25) is 9.78 Å². The highest BCUT2D eigenvalue weighted by Crippen LogP contribution is 2.29. The normalized spacial score (nSPS) is 14.6. The summed E-state index contributed by atoms with van der Waals surface area (Å²) in [7, 11) is 0. The summed E-state index contributed by atoms with van der Waals surface area (Å²) in [6.45, 7) is 2.49. The molecule has 0 radical (unpaired) electrons. The molecule has 1 fully saturated rings. The molecule has 3 heterocycles. The lowest BCUT2D eigenvalue weighted by atomic mass is 10.0. The second-order valence-electron chi connectivity index (χ2n) is 7.74. The van der Waals surface area contributed by atoms with Gasteiger partial charge in [0.15, 0.2) is 4.80 Å². The van der Waals surface area contributed by atoms with Gasteiger partial charge in [0.2, 0.25) is 5.91 Å². The summed E-state index contributed by atoms with van der Waals surface area (Å²) in [4.78, 5) is 24.0. The van der Waals surface area contributed by atoms with Gasteiger partial charge in [0.05, 0.1) is 17.6 Å². The molecule has 1 aliphatic heterocycles. The largest absolute Gasteiger partial charge is 0.343 e. The first-order valence-corrected chi connectivity index (χ1v) is 11.6. The predicted octanol–water partition coefficient (Wildman–Crippen LogP) is 5.01. The Balaban J connectivity index is 1.54. The summed E-state index contributed by atoms with van der Waals surface area (Å²) >= 11 is 1.65. The van der Waals surface area contributed by atoms with E-state index in [0.717, 1.165) is 48.7 Å². The molecule has 31 heavy (non-hydrogen) atoms. The smallest absolute Gasteiger partial charge is 0.222 e. The lowest BCUT2D eigenvalue weighted by Crippen LogP contribution is -2.27. The minimum Gasteiger partial charge on any atom is -0.343 e. The fraction of sp³-hybridized carbons (Fsp3) is 0.240.